The summed E-state index contributed by atoms with van der Waals surface area (Å²) in [5.74, 6) is 0. The highest BCUT2D eigenvalue weighted by molar-refractivity contribution is 4.91. The summed E-state index contributed by atoms with van der Waals surface area (Å²) in [4.78, 5) is 2.69. The molecule has 1 N–H and O–H groups in total. The summed E-state index contributed by atoms with van der Waals surface area (Å²) in [6, 6.07) is 1.35. The molecule has 2 aliphatic rings. The van der Waals surface area contributed by atoms with E-state index in [4.69, 9.17) is 4.74 Å². The van der Waals surface area contributed by atoms with E-state index in [0.29, 0.717) is 18.2 Å². The van der Waals surface area contributed by atoms with Crippen molar-refractivity contribution < 1.29 is 4.74 Å². The Morgan fingerprint density at radius 3 is 3.06 bits per heavy atom. The molecule has 3 atom stereocenters. The number of rotatable bonds is 7. The number of ether oxygens (including phenoxy) is 1. The Hall–Kier alpha value is -0.120. The zero-order valence-corrected chi connectivity index (χ0v) is 12.2. The van der Waals surface area contributed by atoms with Gasteiger partial charge in [-0.15, -0.1) is 0 Å². The van der Waals surface area contributed by atoms with Crippen LogP contribution >= 0.6 is 0 Å². The van der Waals surface area contributed by atoms with Crippen LogP contribution < -0.4 is 5.32 Å². The average Bonchev–Trinajstić information content (AvgIpc) is 2.86. The molecule has 0 aromatic heterocycles. The van der Waals surface area contributed by atoms with Crippen LogP contribution in [0.4, 0.5) is 0 Å². The van der Waals surface area contributed by atoms with E-state index in [-0.39, 0.29) is 0 Å². The van der Waals surface area contributed by atoms with Crippen molar-refractivity contribution in [3.05, 3.63) is 0 Å². The number of fused-ring (bicyclic) bond motifs is 1. The van der Waals surface area contributed by atoms with Crippen LogP contribution in [0.5, 0.6) is 0 Å². The molecular weight excluding hydrogens is 224 g/mol. The third-order valence-corrected chi connectivity index (χ3v) is 4.49. The molecule has 18 heavy (non-hydrogen) atoms. The second-order valence-electron chi connectivity index (χ2n) is 5.91. The first-order valence-corrected chi connectivity index (χ1v) is 7.91. The first-order chi connectivity index (χ1) is 8.83. The van der Waals surface area contributed by atoms with Crippen LogP contribution in [-0.4, -0.2) is 49.3 Å². The van der Waals surface area contributed by atoms with Gasteiger partial charge in [-0.2, -0.15) is 0 Å². The van der Waals surface area contributed by atoms with Crippen LogP contribution in [0.2, 0.25) is 0 Å². The van der Waals surface area contributed by atoms with E-state index >= 15 is 0 Å². The van der Waals surface area contributed by atoms with E-state index in [0.717, 1.165) is 19.7 Å². The molecule has 2 rings (SSSR count). The summed E-state index contributed by atoms with van der Waals surface area (Å²) in [5, 5.41) is 3.61. The summed E-state index contributed by atoms with van der Waals surface area (Å²) < 4.78 is 5.88. The Bertz CT molecular complexity index is 235. The Morgan fingerprint density at radius 1 is 1.33 bits per heavy atom. The standard InChI is InChI=1S/C15H30N2O/c1-3-4-5-9-16-12-13(2)17-10-11-18-15-8-6-7-14(15)17/h13-16H,3-12H2,1-2H3. The minimum absolute atomic E-state index is 0.529. The van der Waals surface area contributed by atoms with Crippen LogP contribution in [-0.2, 0) is 4.74 Å². The minimum atomic E-state index is 0.529. The second kappa shape index (κ2) is 7.46. The van der Waals surface area contributed by atoms with Crippen LogP contribution in [0.25, 0.3) is 0 Å². The molecule has 3 unspecified atom stereocenters. The predicted octanol–water partition coefficient (Wildman–Crippen LogP) is 2.41. The fraction of sp³-hybridized carbons (Fsp3) is 1.00. The van der Waals surface area contributed by atoms with Gasteiger partial charge in [0.1, 0.15) is 0 Å². The number of unbranched alkanes of at least 4 members (excludes halogenated alkanes) is 2. The molecule has 1 saturated heterocycles. The predicted molar refractivity (Wildman–Crippen MR) is 75.9 cm³/mol. The van der Waals surface area contributed by atoms with Crippen molar-refractivity contribution in [3.8, 4) is 0 Å². The fourth-order valence-electron chi connectivity index (χ4n) is 3.43. The van der Waals surface area contributed by atoms with Gasteiger partial charge in [-0.05, 0) is 39.2 Å². The summed E-state index contributed by atoms with van der Waals surface area (Å²) in [7, 11) is 0. The minimum Gasteiger partial charge on any atom is -0.375 e. The van der Waals surface area contributed by atoms with Gasteiger partial charge in [0.2, 0.25) is 0 Å². The second-order valence-corrected chi connectivity index (χ2v) is 5.91. The Kier molecular flexibility index (Phi) is 5.93. The van der Waals surface area contributed by atoms with E-state index in [1.54, 1.807) is 0 Å². The maximum absolute atomic E-state index is 5.88. The first-order valence-electron chi connectivity index (χ1n) is 7.91. The third kappa shape index (κ3) is 3.69. The van der Waals surface area contributed by atoms with Crippen molar-refractivity contribution in [2.24, 2.45) is 0 Å². The van der Waals surface area contributed by atoms with Crippen molar-refractivity contribution in [1.29, 1.82) is 0 Å². The van der Waals surface area contributed by atoms with Gasteiger partial charge in [-0.25, -0.2) is 0 Å². The molecule has 1 aliphatic carbocycles. The first kappa shape index (κ1) is 14.3. The number of hydrogen-bond donors (Lipinski definition) is 1. The molecule has 0 aromatic carbocycles. The van der Waals surface area contributed by atoms with E-state index in [9.17, 15) is 0 Å². The van der Waals surface area contributed by atoms with E-state index in [2.05, 4.69) is 24.1 Å². The number of morpholine rings is 1. The molecule has 0 radical (unpaired) electrons. The van der Waals surface area contributed by atoms with Gasteiger partial charge in [0.05, 0.1) is 12.7 Å². The normalized spacial score (nSPS) is 30.3. The van der Waals surface area contributed by atoms with Crippen LogP contribution in [0.1, 0.15) is 52.4 Å². The van der Waals surface area contributed by atoms with Crippen LogP contribution in [0, 0.1) is 0 Å². The van der Waals surface area contributed by atoms with E-state index < -0.39 is 0 Å². The van der Waals surface area contributed by atoms with Crippen LogP contribution in [0.15, 0.2) is 0 Å². The number of hydrogen-bond acceptors (Lipinski definition) is 3. The lowest BCUT2D eigenvalue weighted by molar-refractivity contribution is -0.0687. The Balaban J connectivity index is 1.69. The third-order valence-electron chi connectivity index (χ3n) is 4.49. The highest BCUT2D eigenvalue weighted by atomic mass is 16.5. The molecular formula is C15H30N2O. The molecule has 1 aliphatic heterocycles. The summed E-state index contributed by atoms with van der Waals surface area (Å²) in [5.41, 5.74) is 0. The molecule has 3 heteroatoms. The average molecular weight is 254 g/mol. The van der Waals surface area contributed by atoms with Gasteiger partial charge in [0.15, 0.2) is 0 Å². The van der Waals surface area contributed by atoms with Gasteiger partial charge in [0.25, 0.3) is 0 Å². The van der Waals surface area contributed by atoms with Crippen molar-refractivity contribution in [2.45, 2.75) is 70.6 Å². The molecule has 1 saturated carbocycles. The molecule has 0 bridgehead atoms. The zero-order valence-electron chi connectivity index (χ0n) is 12.2. The lowest BCUT2D eigenvalue weighted by Gasteiger charge is -2.41. The molecule has 3 nitrogen and oxygen atoms in total. The quantitative estimate of drug-likeness (QED) is 0.706. The molecule has 106 valence electrons. The summed E-state index contributed by atoms with van der Waals surface area (Å²) >= 11 is 0. The SMILES string of the molecule is CCCCCNCC(C)N1CCOC2CCCC21. The van der Waals surface area contributed by atoms with Crippen molar-refractivity contribution >= 4 is 0 Å². The van der Waals surface area contributed by atoms with Gasteiger partial charge < -0.3 is 10.1 Å². The smallest absolute Gasteiger partial charge is 0.0731 e. The van der Waals surface area contributed by atoms with Gasteiger partial charge in [-0.1, -0.05) is 19.8 Å². The lowest BCUT2D eigenvalue weighted by Crippen LogP contribution is -2.54. The summed E-state index contributed by atoms with van der Waals surface area (Å²) in [6.45, 7) is 8.99. The Morgan fingerprint density at radius 2 is 2.22 bits per heavy atom. The zero-order chi connectivity index (χ0) is 12.8. The largest absolute Gasteiger partial charge is 0.375 e. The highest BCUT2D eigenvalue weighted by Gasteiger charge is 2.37. The van der Waals surface area contributed by atoms with Crippen molar-refractivity contribution in [1.82, 2.24) is 10.2 Å². The topological polar surface area (TPSA) is 24.5 Å². The van der Waals surface area contributed by atoms with Gasteiger partial charge in [0, 0.05) is 25.2 Å². The Labute approximate surface area is 112 Å². The van der Waals surface area contributed by atoms with Crippen molar-refractivity contribution in [2.75, 3.05) is 26.2 Å². The van der Waals surface area contributed by atoms with Gasteiger partial charge >= 0.3 is 0 Å². The highest BCUT2D eigenvalue weighted by Crippen LogP contribution is 2.30. The fourth-order valence-corrected chi connectivity index (χ4v) is 3.43. The number of nitrogens with zero attached hydrogens (tertiary/aromatic N) is 1. The van der Waals surface area contributed by atoms with Gasteiger partial charge in [-0.3, -0.25) is 4.90 Å². The maximum Gasteiger partial charge on any atom is 0.0731 e. The molecule has 1 heterocycles. The maximum atomic E-state index is 5.88. The lowest BCUT2D eigenvalue weighted by atomic mass is 10.1. The monoisotopic (exact) mass is 254 g/mol. The summed E-state index contributed by atoms with van der Waals surface area (Å²) in [6.07, 6.45) is 8.47. The molecule has 2 fully saturated rings. The molecule has 0 amide bonds. The number of nitrogens with one attached hydrogen (secondary N) is 1. The van der Waals surface area contributed by atoms with Crippen LogP contribution in [0.3, 0.4) is 0 Å². The molecule has 0 aromatic rings. The molecule has 0 spiro atoms. The van der Waals surface area contributed by atoms with E-state index in [1.807, 2.05) is 0 Å². The van der Waals surface area contributed by atoms with Crippen molar-refractivity contribution in [3.63, 3.8) is 0 Å². The van der Waals surface area contributed by atoms with E-state index in [1.165, 1.54) is 45.1 Å².